The van der Waals surface area contributed by atoms with E-state index >= 15 is 0 Å². The fraction of sp³-hybridized carbons (Fsp3) is 0.136. The lowest BCUT2D eigenvalue weighted by Gasteiger charge is -2.24. The molecule has 1 unspecified atom stereocenters. The number of rotatable bonds is 6. The molecule has 1 atom stereocenters. The van der Waals surface area contributed by atoms with Crippen molar-refractivity contribution < 1.29 is 27.8 Å². The van der Waals surface area contributed by atoms with E-state index in [4.69, 9.17) is 4.74 Å². The van der Waals surface area contributed by atoms with Crippen LogP contribution in [-0.2, 0) is 15.7 Å². The van der Waals surface area contributed by atoms with Crippen LogP contribution in [0.15, 0.2) is 84.9 Å². The van der Waals surface area contributed by atoms with Gasteiger partial charge in [-0.3, -0.25) is 0 Å². The summed E-state index contributed by atoms with van der Waals surface area (Å²) in [6.45, 7) is 0. The minimum absolute atomic E-state index is 0.0702. The van der Waals surface area contributed by atoms with Crippen LogP contribution in [0.2, 0.25) is 0 Å². The predicted octanol–water partition coefficient (Wildman–Crippen LogP) is 5.64. The first-order valence-electron chi connectivity index (χ1n) is 8.51. The molecule has 0 spiro atoms. The van der Waals surface area contributed by atoms with Crippen molar-refractivity contribution in [2.75, 3.05) is 0 Å². The molecular weight excluding hydrogens is 369 g/mol. The van der Waals surface area contributed by atoms with Gasteiger partial charge in [0.05, 0.1) is 5.56 Å². The molecule has 3 nitrogen and oxygen atoms in total. The summed E-state index contributed by atoms with van der Waals surface area (Å²) in [5.74, 6) is -1.36. The van der Waals surface area contributed by atoms with E-state index in [2.05, 4.69) is 0 Å². The van der Waals surface area contributed by atoms with E-state index in [0.29, 0.717) is 11.1 Å². The van der Waals surface area contributed by atoms with E-state index in [1.165, 1.54) is 12.1 Å². The van der Waals surface area contributed by atoms with Crippen LogP contribution < -0.4 is 0 Å². The Morgan fingerprint density at radius 2 is 1.29 bits per heavy atom. The van der Waals surface area contributed by atoms with E-state index in [-0.39, 0.29) is 5.56 Å². The molecule has 6 heteroatoms. The SMILES string of the molecule is O=C(O)C(OC(c1ccccc1)c1ccccc1)c1cccc(C(F)(F)F)c1. The highest BCUT2D eigenvalue weighted by molar-refractivity contribution is 5.74. The van der Waals surface area contributed by atoms with Crippen molar-refractivity contribution in [3.8, 4) is 0 Å². The molecule has 3 aromatic carbocycles. The van der Waals surface area contributed by atoms with Gasteiger partial charge in [0, 0.05) is 0 Å². The van der Waals surface area contributed by atoms with Crippen LogP contribution in [0.4, 0.5) is 13.2 Å². The molecule has 0 aliphatic rings. The van der Waals surface area contributed by atoms with Gasteiger partial charge < -0.3 is 9.84 Å². The molecule has 0 saturated heterocycles. The van der Waals surface area contributed by atoms with Crippen LogP contribution in [0.3, 0.4) is 0 Å². The molecule has 0 heterocycles. The van der Waals surface area contributed by atoms with Crippen LogP contribution in [0.25, 0.3) is 0 Å². The van der Waals surface area contributed by atoms with Gasteiger partial charge in [0.2, 0.25) is 0 Å². The third-order valence-corrected chi connectivity index (χ3v) is 4.22. The summed E-state index contributed by atoms with van der Waals surface area (Å²) in [4.78, 5) is 11.9. The molecule has 144 valence electrons. The van der Waals surface area contributed by atoms with Crippen LogP contribution >= 0.6 is 0 Å². The summed E-state index contributed by atoms with van der Waals surface area (Å²) in [6.07, 6.45) is -6.89. The molecule has 1 N–H and O–H groups in total. The van der Waals surface area contributed by atoms with Gasteiger partial charge in [-0.15, -0.1) is 0 Å². The van der Waals surface area contributed by atoms with Gasteiger partial charge in [-0.05, 0) is 28.8 Å². The summed E-state index contributed by atoms with van der Waals surface area (Å²) in [7, 11) is 0. The Labute approximate surface area is 160 Å². The van der Waals surface area contributed by atoms with E-state index in [1.807, 2.05) is 12.1 Å². The van der Waals surface area contributed by atoms with E-state index in [0.717, 1.165) is 12.1 Å². The van der Waals surface area contributed by atoms with E-state index < -0.39 is 29.9 Å². The molecule has 0 amide bonds. The summed E-state index contributed by atoms with van der Waals surface area (Å²) in [6, 6.07) is 22.1. The van der Waals surface area contributed by atoms with Gasteiger partial charge in [0.1, 0.15) is 6.10 Å². The average Bonchev–Trinajstić information content (AvgIpc) is 2.69. The first-order chi connectivity index (χ1) is 13.4. The Bertz CT molecular complexity index is 885. The van der Waals surface area contributed by atoms with Gasteiger partial charge in [-0.2, -0.15) is 13.2 Å². The van der Waals surface area contributed by atoms with Crippen molar-refractivity contribution in [3.05, 3.63) is 107 Å². The highest BCUT2D eigenvalue weighted by Gasteiger charge is 2.33. The molecule has 0 radical (unpaired) electrons. The molecule has 0 bridgehead atoms. The fourth-order valence-electron chi connectivity index (χ4n) is 2.90. The Kier molecular flexibility index (Phi) is 5.80. The fourth-order valence-corrected chi connectivity index (χ4v) is 2.90. The molecule has 3 rings (SSSR count). The van der Waals surface area contributed by atoms with Gasteiger partial charge >= 0.3 is 12.1 Å². The van der Waals surface area contributed by atoms with E-state index in [9.17, 15) is 23.1 Å². The number of halogens is 3. The van der Waals surface area contributed by atoms with Crippen LogP contribution in [0.1, 0.15) is 34.5 Å². The number of ether oxygens (including phenoxy) is 1. The van der Waals surface area contributed by atoms with Crippen LogP contribution in [0.5, 0.6) is 0 Å². The normalized spacial score (nSPS) is 12.7. The second-order valence-corrected chi connectivity index (χ2v) is 6.18. The van der Waals surface area contributed by atoms with Gasteiger partial charge in [0.15, 0.2) is 6.10 Å². The minimum Gasteiger partial charge on any atom is -0.479 e. The van der Waals surface area contributed by atoms with Crippen molar-refractivity contribution in [2.45, 2.75) is 18.4 Å². The zero-order valence-electron chi connectivity index (χ0n) is 14.6. The zero-order chi connectivity index (χ0) is 20.1. The smallest absolute Gasteiger partial charge is 0.416 e. The Hall–Kier alpha value is -3.12. The summed E-state index contributed by atoms with van der Waals surface area (Å²) < 4.78 is 45.0. The highest BCUT2D eigenvalue weighted by atomic mass is 19.4. The number of carbonyl (C=O) groups is 1. The third-order valence-electron chi connectivity index (χ3n) is 4.22. The van der Waals surface area contributed by atoms with Crippen molar-refractivity contribution >= 4 is 5.97 Å². The molecule has 0 saturated carbocycles. The van der Waals surface area contributed by atoms with Crippen molar-refractivity contribution in [1.29, 1.82) is 0 Å². The van der Waals surface area contributed by atoms with Crippen molar-refractivity contribution in [3.63, 3.8) is 0 Å². The lowest BCUT2D eigenvalue weighted by Crippen LogP contribution is -2.20. The number of hydrogen-bond acceptors (Lipinski definition) is 2. The minimum atomic E-state index is -4.57. The predicted molar refractivity (Wildman–Crippen MR) is 97.6 cm³/mol. The van der Waals surface area contributed by atoms with Crippen LogP contribution in [-0.4, -0.2) is 11.1 Å². The van der Waals surface area contributed by atoms with E-state index in [1.54, 1.807) is 48.5 Å². The Morgan fingerprint density at radius 3 is 1.75 bits per heavy atom. The Balaban J connectivity index is 2.01. The van der Waals surface area contributed by atoms with Gasteiger partial charge in [0.25, 0.3) is 0 Å². The molecule has 0 aromatic heterocycles. The number of carboxylic acids is 1. The lowest BCUT2D eigenvalue weighted by atomic mass is 10.00. The first-order valence-corrected chi connectivity index (χ1v) is 8.51. The van der Waals surface area contributed by atoms with Crippen molar-refractivity contribution in [2.24, 2.45) is 0 Å². The second kappa shape index (κ2) is 8.27. The second-order valence-electron chi connectivity index (χ2n) is 6.18. The molecule has 28 heavy (non-hydrogen) atoms. The monoisotopic (exact) mass is 386 g/mol. The van der Waals surface area contributed by atoms with Gasteiger partial charge in [-0.1, -0.05) is 72.8 Å². The topological polar surface area (TPSA) is 46.5 Å². The quantitative estimate of drug-likeness (QED) is 0.597. The number of carboxylic acid groups (broad SMARTS) is 1. The number of benzene rings is 3. The lowest BCUT2D eigenvalue weighted by molar-refractivity contribution is -0.154. The largest absolute Gasteiger partial charge is 0.479 e. The number of alkyl halides is 3. The Morgan fingerprint density at radius 1 is 0.786 bits per heavy atom. The molecule has 0 fully saturated rings. The summed E-state index contributed by atoms with van der Waals surface area (Å²) >= 11 is 0. The molecule has 3 aromatic rings. The standard InChI is InChI=1S/C22H17F3O3/c23-22(24,25)18-13-7-12-17(14-18)20(21(26)27)28-19(15-8-3-1-4-9-15)16-10-5-2-6-11-16/h1-14,19-20H,(H,26,27). The maximum Gasteiger partial charge on any atom is 0.416 e. The maximum atomic E-state index is 13.0. The van der Waals surface area contributed by atoms with Crippen molar-refractivity contribution in [1.82, 2.24) is 0 Å². The zero-order valence-corrected chi connectivity index (χ0v) is 14.6. The number of hydrogen-bond donors (Lipinski definition) is 1. The molecular formula is C22H17F3O3. The van der Waals surface area contributed by atoms with Crippen LogP contribution in [0, 0.1) is 0 Å². The highest BCUT2D eigenvalue weighted by Crippen LogP contribution is 2.35. The maximum absolute atomic E-state index is 13.0. The number of aliphatic carboxylic acids is 1. The summed E-state index contributed by atoms with van der Waals surface area (Å²) in [5.41, 5.74) is 0.411. The summed E-state index contributed by atoms with van der Waals surface area (Å²) in [5, 5.41) is 9.66. The van der Waals surface area contributed by atoms with Gasteiger partial charge in [-0.25, -0.2) is 4.79 Å². The first kappa shape index (κ1) is 19.6. The molecule has 0 aliphatic heterocycles. The third kappa shape index (κ3) is 4.58. The molecule has 0 aliphatic carbocycles. The average molecular weight is 386 g/mol.